The second-order valence-corrected chi connectivity index (χ2v) is 8.38. The molecule has 0 unspecified atom stereocenters. The highest BCUT2D eigenvalue weighted by Gasteiger charge is 1.94. The molecule has 0 aromatic carbocycles. The Morgan fingerprint density at radius 3 is 1.59 bits per heavy atom. The quantitative estimate of drug-likeness (QED) is 0.0789. The summed E-state index contributed by atoms with van der Waals surface area (Å²) in [5.74, 6) is 0.506. The number of nitrogens with zero attached hydrogens (tertiary/aromatic N) is 12. The van der Waals surface area contributed by atoms with Gasteiger partial charge < -0.3 is 33.9 Å². The predicted octanol–water partition coefficient (Wildman–Crippen LogP) is -2.65. The molecule has 0 N–H and O–H groups in total. The van der Waals surface area contributed by atoms with Crippen LogP contribution >= 0.6 is 0 Å². The first-order valence-electron chi connectivity index (χ1n) is 12.0. The van der Waals surface area contributed by atoms with E-state index in [1.54, 1.807) is 6.92 Å². The van der Waals surface area contributed by atoms with Gasteiger partial charge in [-0.25, -0.2) is 9.13 Å². The third-order valence-electron chi connectivity index (χ3n) is 4.91. The number of aryl methyl sites for hydroxylation is 4. The molecule has 41 heavy (non-hydrogen) atoms. The zero-order chi connectivity index (χ0) is 27.9. The summed E-state index contributed by atoms with van der Waals surface area (Å²) >= 11 is 0. The summed E-state index contributed by atoms with van der Waals surface area (Å²) in [7, 11) is 7.79. The summed E-state index contributed by atoms with van der Waals surface area (Å²) in [6.07, 6.45) is 16.6. The average Bonchev–Trinajstić information content (AvgIpc) is 2.94. The summed E-state index contributed by atoms with van der Waals surface area (Å²) in [4.78, 5) is 0. The number of rotatable bonds is 5. The molecule has 0 aliphatic heterocycles. The van der Waals surface area contributed by atoms with Gasteiger partial charge in [-0.3, -0.25) is 0 Å². The normalized spacial score (nSPS) is 11.0. The van der Waals surface area contributed by atoms with E-state index in [1.807, 2.05) is 145 Å². The second-order valence-electron chi connectivity index (χ2n) is 8.38. The SMILES string of the molecule is CC(N=Nc1cc[n+](C)cc1)=NN=c1ccn(C)cc1.Cn1ccc(=NN=CN=Nc2cc[n+](C)cc2)cc1.[Cl-].[Cl-]. The van der Waals surface area contributed by atoms with Gasteiger partial charge in [0.25, 0.3) is 0 Å². The summed E-state index contributed by atoms with van der Waals surface area (Å²) in [6.45, 7) is 1.76. The van der Waals surface area contributed by atoms with Crippen molar-refractivity contribution in [2.45, 2.75) is 6.92 Å². The fraction of sp³-hybridized carbons (Fsp3) is 0.185. The monoisotopic (exact) mass is 594 g/mol. The van der Waals surface area contributed by atoms with E-state index in [0.717, 1.165) is 22.1 Å². The molecule has 14 heteroatoms. The van der Waals surface area contributed by atoms with Crippen molar-refractivity contribution in [3.05, 3.63) is 109 Å². The van der Waals surface area contributed by atoms with Crippen molar-refractivity contribution in [3.8, 4) is 0 Å². The molecule has 0 spiro atoms. The first-order chi connectivity index (χ1) is 18.9. The summed E-state index contributed by atoms with van der Waals surface area (Å²) in [5, 5.41) is 33.4. The molecule has 4 heterocycles. The highest BCUT2D eigenvalue weighted by atomic mass is 35.5. The molecule has 0 saturated carbocycles. The van der Waals surface area contributed by atoms with E-state index in [1.165, 1.54) is 6.34 Å². The minimum Gasteiger partial charge on any atom is -1.00 e. The zero-order valence-corrected chi connectivity index (χ0v) is 24.9. The van der Waals surface area contributed by atoms with Crippen LogP contribution in [0.25, 0.3) is 0 Å². The second kappa shape index (κ2) is 18.6. The van der Waals surface area contributed by atoms with Gasteiger partial charge in [-0.2, -0.15) is 0 Å². The minimum absolute atomic E-state index is 0. The van der Waals surface area contributed by atoms with E-state index in [-0.39, 0.29) is 24.8 Å². The van der Waals surface area contributed by atoms with Crippen LogP contribution in [0.5, 0.6) is 0 Å². The molecule has 0 aliphatic carbocycles. The van der Waals surface area contributed by atoms with Crippen LogP contribution in [0.3, 0.4) is 0 Å². The Balaban J connectivity index is 0.000000391. The Morgan fingerprint density at radius 2 is 1.10 bits per heavy atom. The topological polar surface area (TPSA) is 116 Å². The number of hydrogen-bond donors (Lipinski definition) is 0. The standard InChI is InChI=1S/C14H17N6.C13H15N6.2ClH/c1-12(15-17-13-4-8-19(2)9-5-13)16-18-14-6-10-20(3)11-7-14;1-18-7-3-12(4-8-18)16-14-11-15-17-13-5-9-19(2)10-6-13;;/h4-11H,1-3H3;3-11H,1-2H3;2*1H/q2*+1;;/p-2. The third kappa shape index (κ3) is 13.8. The van der Waals surface area contributed by atoms with Crippen molar-refractivity contribution in [2.75, 3.05) is 0 Å². The molecule has 0 fully saturated rings. The number of hydrogen-bond acceptors (Lipinski definition) is 6. The van der Waals surface area contributed by atoms with Gasteiger partial charge in [0, 0.05) is 63.1 Å². The molecule has 0 saturated heterocycles. The summed E-state index contributed by atoms with van der Waals surface area (Å²) < 4.78 is 7.73. The Morgan fingerprint density at radius 1 is 0.659 bits per heavy atom. The molecule has 12 nitrogen and oxygen atoms in total. The van der Waals surface area contributed by atoms with Crippen LogP contribution in [0.1, 0.15) is 6.92 Å². The lowest BCUT2D eigenvalue weighted by molar-refractivity contribution is -0.671. The van der Waals surface area contributed by atoms with Crippen molar-refractivity contribution in [1.82, 2.24) is 9.13 Å². The van der Waals surface area contributed by atoms with Gasteiger partial charge in [0.1, 0.15) is 14.1 Å². The van der Waals surface area contributed by atoms with Gasteiger partial charge in [-0.1, -0.05) is 0 Å². The number of aromatic nitrogens is 4. The van der Waals surface area contributed by atoms with Gasteiger partial charge in [0.05, 0.1) is 22.1 Å². The van der Waals surface area contributed by atoms with Gasteiger partial charge in [0.2, 0.25) is 0 Å². The first kappa shape index (κ1) is 34.3. The van der Waals surface area contributed by atoms with Crippen LogP contribution in [-0.2, 0) is 28.2 Å². The maximum atomic E-state index is 4.09. The van der Waals surface area contributed by atoms with Crippen LogP contribution in [0.4, 0.5) is 11.4 Å². The van der Waals surface area contributed by atoms with Crippen LogP contribution in [0.15, 0.2) is 139 Å². The lowest BCUT2D eigenvalue weighted by Crippen LogP contribution is -3.00. The highest BCUT2D eigenvalue weighted by Crippen LogP contribution is 2.08. The third-order valence-corrected chi connectivity index (χ3v) is 4.91. The molecule has 0 aliphatic rings. The Hall–Kier alpha value is -4.68. The van der Waals surface area contributed by atoms with Gasteiger partial charge in [0.15, 0.2) is 37.0 Å². The number of halogens is 2. The lowest BCUT2D eigenvalue weighted by atomic mass is 10.4. The van der Waals surface area contributed by atoms with E-state index in [2.05, 4.69) is 40.9 Å². The Kier molecular flexibility index (Phi) is 15.6. The average molecular weight is 596 g/mol. The molecular weight excluding hydrogens is 563 g/mol. The summed E-state index contributed by atoms with van der Waals surface area (Å²) in [6, 6.07) is 15.0. The van der Waals surface area contributed by atoms with Crippen molar-refractivity contribution in [1.29, 1.82) is 0 Å². The van der Waals surface area contributed by atoms with Crippen LogP contribution in [0, 0.1) is 0 Å². The van der Waals surface area contributed by atoms with Crippen molar-refractivity contribution >= 4 is 23.5 Å². The maximum Gasteiger partial charge on any atom is 0.170 e. The first-order valence-corrected chi connectivity index (χ1v) is 12.0. The van der Waals surface area contributed by atoms with Gasteiger partial charge >= 0.3 is 0 Å². The largest absolute Gasteiger partial charge is 1.00 e. The van der Waals surface area contributed by atoms with Crippen molar-refractivity contribution < 1.29 is 33.9 Å². The number of amidine groups is 1. The van der Waals surface area contributed by atoms with Crippen molar-refractivity contribution in [3.63, 3.8) is 0 Å². The Bertz CT molecular complexity index is 1560. The fourth-order valence-corrected chi connectivity index (χ4v) is 2.73. The molecule has 0 bridgehead atoms. The van der Waals surface area contributed by atoms with E-state index >= 15 is 0 Å². The lowest BCUT2D eigenvalue weighted by Gasteiger charge is -1.93. The molecule has 214 valence electrons. The predicted molar refractivity (Wildman–Crippen MR) is 148 cm³/mol. The molecular formula is C27H32Cl2N12. The van der Waals surface area contributed by atoms with Crippen LogP contribution in [-0.4, -0.2) is 21.3 Å². The minimum atomic E-state index is 0. The summed E-state index contributed by atoms with van der Waals surface area (Å²) in [5.41, 5.74) is 1.56. The molecule has 0 radical (unpaired) electrons. The van der Waals surface area contributed by atoms with E-state index < -0.39 is 0 Å². The van der Waals surface area contributed by atoms with Crippen LogP contribution < -0.4 is 44.7 Å². The number of azo groups is 2. The smallest absolute Gasteiger partial charge is 0.170 e. The molecule has 0 atom stereocenters. The molecule has 4 aromatic rings. The van der Waals surface area contributed by atoms with Crippen LogP contribution in [0.2, 0.25) is 0 Å². The van der Waals surface area contributed by atoms with E-state index in [4.69, 9.17) is 0 Å². The maximum absolute atomic E-state index is 4.09. The molecule has 4 rings (SSSR count). The van der Waals surface area contributed by atoms with Crippen molar-refractivity contribution in [2.24, 2.45) is 69.1 Å². The van der Waals surface area contributed by atoms with E-state index in [9.17, 15) is 0 Å². The zero-order valence-electron chi connectivity index (χ0n) is 23.4. The van der Waals surface area contributed by atoms with Gasteiger partial charge in [-0.05, 0) is 31.2 Å². The fourth-order valence-electron chi connectivity index (χ4n) is 2.73. The molecule has 0 amide bonds. The highest BCUT2D eigenvalue weighted by molar-refractivity contribution is 5.79. The number of pyridine rings is 4. The Labute approximate surface area is 251 Å². The van der Waals surface area contributed by atoms with Gasteiger partial charge in [-0.15, -0.1) is 40.9 Å². The molecule has 4 aromatic heterocycles. The van der Waals surface area contributed by atoms with E-state index in [0.29, 0.717) is 5.84 Å².